The lowest BCUT2D eigenvalue weighted by molar-refractivity contribution is -0.129. The van der Waals surface area contributed by atoms with Crippen molar-refractivity contribution in [3.63, 3.8) is 0 Å². The Bertz CT molecular complexity index is 141. The first-order chi connectivity index (χ1) is 6.22. The molecule has 0 heterocycles. The van der Waals surface area contributed by atoms with Crippen LogP contribution in [0.5, 0.6) is 0 Å². The standard InChI is InChI=1S/C8H18N2O3/c1-10(4-5-11)8(12)7-9-3-6-13-2/h9,11H,3-7H2,1-2H3. The monoisotopic (exact) mass is 190 g/mol. The van der Waals surface area contributed by atoms with E-state index < -0.39 is 0 Å². The summed E-state index contributed by atoms with van der Waals surface area (Å²) in [6.45, 7) is 1.93. The van der Waals surface area contributed by atoms with Crippen LogP contribution in [0.3, 0.4) is 0 Å². The van der Waals surface area contributed by atoms with Gasteiger partial charge in [-0.1, -0.05) is 0 Å². The molecule has 0 bridgehead atoms. The highest BCUT2D eigenvalue weighted by atomic mass is 16.5. The topological polar surface area (TPSA) is 61.8 Å². The molecule has 0 atom stereocenters. The second-order valence-corrected chi connectivity index (χ2v) is 2.71. The van der Waals surface area contributed by atoms with E-state index in [0.29, 0.717) is 26.2 Å². The van der Waals surface area contributed by atoms with Gasteiger partial charge < -0.3 is 20.1 Å². The number of amides is 1. The van der Waals surface area contributed by atoms with Crippen molar-refractivity contribution in [3.8, 4) is 0 Å². The summed E-state index contributed by atoms with van der Waals surface area (Å²) >= 11 is 0. The van der Waals surface area contributed by atoms with Crippen LogP contribution in [0, 0.1) is 0 Å². The molecule has 0 radical (unpaired) electrons. The average molecular weight is 190 g/mol. The van der Waals surface area contributed by atoms with Crippen molar-refractivity contribution < 1.29 is 14.6 Å². The molecule has 0 aliphatic carbocycles. The van der Waals surface area contributed by atoms with Gasteiger partial charge in [-0.2, -0.15) is 0 Å². The van der Waals surface area contributed by atoms with Crippen LogP contribution in [0.1, 0.15) is 0 Å². The number of aliphatic hydroxyl groups is 1. The molecule has 5 nitrogen and oxygen atoms in total. The summed E-state index contributed by atoms with van der Waals surface area (Å²) in [5.41, 5.74) is 0. The van der Waals surface area contributed by atoms with Crippen molar-refractivity contribution in [2.24, 2.45) is 0 Å². The molecular formula is C8H18N2O3. The Kier molecular flexibility index (Phi) is 7.57. The summed E-state index contributed by atoms with van der Waals surface area (Å²) < 4.78 is 4.80. The zero-order chi connectivity index (χ0) is 10.1. The summed E-state index contributed by atoms with van der Waals surface area (Å²) in [4.78, 5) is 12.7. The minimum Gasteiger partial charge on any atom is -0.395 e. The van der Waals surface area contributed by atoms with E-state index in [9.17, 15) is 4.79 Å². The molecule has 0 saturated heterocycles. The Labute approximate surface area is 78.7 Å². The Balaban J connectivity index is 3.38. The van der Waals surface area contributed by atoms with E-state index >= 15 is 0 Å². The molecule has 0 fully saturated rings. The minimum absolute atomic E-state index is 0.000309. The third-order valence-electron chi connectivity index (χ3n) is 1.62. The van der Waals surface area contributed by atoms with Gasteiger partial charge in [0, 0.05) is 27.2 Å². The summed E-state index contributed by atoms with van der Waals surface area (Å²) in [5, 5.41) is 11.5. The van der Waals surface area contributed by atoms with Crippen LogP contribution >= 0.6 is 0 Å². The number of hydrogen-bond donors (Lipinski definition) is 2. The first-order valence-corrected chi connectivity index (χ1v) is 4.26. The molecule has 78 valence electrons. The number of nitrogens with zero attached hydrogens (tertiary/aromatic N) is 1. The molecule has 0 aliphatic heterocycles. The SMILES string of the molecule is COCCNCC(=O)N(C)CCO. The zero-order valence-corrected chi connectivity index (χ0v) is 8.25. The summed E-state index contributed by atoms with van der Waals surface area (Å²) in [6, 6.07) is 0. The lowest BCUT2D eigenvalue weighted by Crippen LogP contribution is -2.37. The van der Waals surface area contributed by atoms with E-state index in [4.69, 9.17) is 9.84 Å². The molecule has 1 amide bonds. The zero-order valence-electron chi connectivity index (χ0n) is 8.25. The molecule has 0 rings (SSSR count). The smallest absolute Gasteiger partial charge is 0.236 e. The molecule has 0 aromatic rings. The van der Waals surface area contributed by atoms with Gasteiger partial charge in [-0.3, -0.25) is 4.79 Å². The van der Waals surface area contributed by atoms with Gasteiger partial charge >= 0.3 is 0 Å². The predicted octanol–water partition coefficient (Wildman–Crippen LogP) is -1.33. The Hall–Kier alpha value is -0.650. The van der Waals surface area contributed by atoms with Gasteiger partial charge in [-0.05, 0) is 0 Å². The van der Waals surface area contributed by atoms with Crippen LogP contribution in [0.2, 0.25) is 0 Å². The first kappa shape index (κ1) is 12.3. The highest BCUT2D eigenvalue weighted by molar-refractivity contribution is 5.77. The average Bonchev–Trinajstić information content (AvgIpc) is 2.12. The van der Waals surface area contributed by atoms with Crippen molar-refractivity contribution >= 4 is 5.91 Å². The maximum atomic E-state index is 11.2. The number of rotatable bonds is 7. The van der Waals surface area contributed by atoms with Crippen molar-refractivity contribution in [3.05, 3.63) is 0 Å². The minimum atomic E-state index is -0.0230. The predicted molar refractivity (Wildman–Crippen MR) is 49.5 cm³/mol. The lowest BCUT2D eigenvalue weighted by Gasteiger charge is -2.15. The Morgan fingerprint density at radius 1 is 1.62 bits per heavy atom. The van der Waals surface area contributed by atoms with E-state index in [2.05, 4.69) is 5.32 Å². The largest absolute Gasteiger partial charge is 0.395 e. The van der Waals surface area contributed by atoms with Gasteiger partial charge in [-0.25, -0.2) is 0 Å². The van der Waals surface area contributed by atoms with Crippen molar-refractivity contribution in [2.45, 2.75) is 0 Å². The summed E-state index contributed by atoms with van der Waals surface area (Å²) in [6.07, 6.45) is 0. The number of nitrogens with one attached hydrogen (secondary N) is 1. The molecule has 0 unspecified atom stereocenters. The summed E-state index contributed by atoms with van der Waals surface area (Å²) in [7, 11) is 3.28. The fraction of sp³-hybridized carbons (Fsp3) is 0.875. The second-order valence-electron chi connectivity index (χ2n) is 2.71. The van der Waals surface area contributed by atoms with Crippen molar-refractivity contribution in [1.82, 2.24) is 10.2 Å². The number of methoxy groups -OCH3 is 1. The van der Waals surface area contributed by atoms with E-state index in [1.165, 1.54) is 4.90 Å². The number of carbonyl (C=O) groups is 1. The van der Waals surface area contributed by atoms with Gasteiger partial charge in [-0.15, -0.1) is 0 Å². The van der Waals surface area contributed by atoms with Crippen LogP contribution in [0.25, 0.3) is 0 Å². The quantitative estimate of drug-likeness (QED) is 0.488. The molecule has 0 aliphatic rings. The number of ether oxygens (including phenoxy) is 1. The first-order valence-electron chi connectivity index (χ1n) is 4.26. The number of carbonyl (C=O) groups excluding carboxylic acids is 1. The molecule has 2 N–H and O–H groups in total. The fourth-order valence-corrected chi connectivity index (χ4v) is 0.779. The highest BCUT2D eigenvalue weighted by Gasteiger charge is 2.05. The molecule has 0 spiro atoms. The van der Waals surface area contributed by atoms with Gasteiger partial charge in [0.15, 0.2) is 0 Å². The van der Waals surface area contributed by atoms with E-state index in [1.54, 1.807) is 14.2 Å². The van der Waals surface area contributed by atoms with Gasteiger partial charge in [0.25, 0.3) is 0 Å². The van der Waals surface area contributed by atoms with Crippen LogP contribution in [0.4, 0.5) is 0 Å². The van der Waals surface area contributed by atoms with Crippen LogP contribution in [0.15, 0.2) is 0 Å². The molecule has 0 saturated carbocycles. The molecular weight excluding hydrogens is 172 g/mol. The fourth-order valence-electron chi connectivity index (χ4n) is 0.779. The summed E-state index contributed by atoms with van der Waals surface area (Å²) in [5.74, 6) is -0.0230. The lowest BCUT2D eigenvalue weighted by atomic mass is 10.5. The van der Waals surface area contributed by atoms with Crippen LogP contribution in [-0.4, -0.2) is 62.9 Å². The third-order valence-corrected chi connectivity index (χ3v) is 1.62. The highest BCUT2D eigenvalue weighted by Crippen LogP contribution is 1.81. The molecule has 0 aromatic heterocycles. The van der Waals surface area contributed by atoms with Crippen LogP contribution < -0.4 is 5.32 Å². The number of hydrogen-bond acceptors (Lipinski definition) is 4. The van der Waals surface area contributed by atoms with Crippen molar-refractivity contribution in [1.29, 1.82) is 0 Å². The molecule has 13 heavy (non-hydrogen) atoms. The molecule has 5 heteroatoms. The maximum Gasteiger partial charge on any atom is 0.236 e. The second kappa shape index (κ2) is 7.97. The number of likely N-dealkylation sites (N-methyl/N-ethyl adjacent to an activating group) is 1. The normalized spacial score (nSPS) is 10.1. The van der Waals surface area contributed by atoms with Crippen molar-refractivity contribution in [2.75, 3.05) is 47.0 Å². The van der Waals surface area contributed by atoms with E-state index in [0.717, 1.165) is 0 Å². The molecule has 0 aromatic carbocycles. The number of aliphatic hydroxyl groups excluding tert-OH is 1. The third kappa shape index (κ3) is 6.51. The van der Waals surface area contributed by atoms with Gasteiger partial charge in [0.1, 0.15) is 0 Å². The van der Waals surface area contributed by atoms with Gasteiger partial charge in [0.05, 0.1) is 19.8 Å². The Morgan fingerprint density at radius 2 is 2.31 bits per heavy atom. The van der Waals surface area contributed by atoms with E-state index in [1.807, 2.05) is 0 Å². The van der Waals surface area contributed by atoms with Gasteiger partial charge in [0.2, 0.25) is 5.91 Å². The maximum absolute atomic E-state index is 11.2. The van der Waals surface area contributed by atoms with E-state index in [-0.39, 0.29) is 12.5 Å². The Morgan fingerprint density at radius 3 is 2.85 bits per heavy atom. The van der Waals surface area contributed by atoms with Crippen LogP contribution in [-0.2, 0) is 9.53 Å².